The molecular weight excluding hydrogens is 172 g/mol. The van der Waals surface area contributed by atoms with Crippen molar-refractivity contribution in [2.45, 2.75) is 0 Å². The van der Waals surface area contributed by atoms with Crippen LogP contribution >= 0.6 is 0 Å². The van der Waals surface area contributed by atoms with Gasteiger partial charge in [-0.2, -0.15) is 9.97 Å². The molecule has 0 unspecified atom stereocenters. The zero-order valence-corrected chi connectivity index (χ0v) is 6.57. The highest BCUT2D eigenvalue weighted by Gasteiger charge is 2.08. The number of hydrogen-bond donors (Lipinski definition) is 5. The largest absolute Gasteiger partial charge is 0.381 e. The minimum Gasteiger partial charge on any atom is -0.381 e. The van der Waals surface area contributed by atoms with Gasteiger partial charge in [0.25, 0.3) is 0 Å². The summed E-state index contributed by atoms with van der Waals surface area (Å²) in [6.45, 7) is 0. The van der Waals surface area contributed by atoms with Crippen LogP contribution in [0, 0.1) is 10.8 Å². The average Bonchev–Trinajstić information content (AvgIpc) is 2.03. The Bertz CT molecular complexity index is 337. The Balaban J connectivity index is 3.26. The SMILES string of the molecule is N=C(N)c1nc(N)nc(C(=N)N)n1. The molecule has 0 aliphatic carbocycles. The predicted octanol–water partition coefficient (Wildman–Crippen LogP) is -1.98. The first kappa shape index (κ1) is 8.84. The van der Waals surface area contributed by atoms with E-state index in [9.17, 15) is 0 Å². The van der Waals surface area contributed by atoms with Gasteiger partial charge in [-0.1, -0.05) is 0 Å². The van der Waals surface area contributed by atoms with Crippen LogP contribution in [0.25, 0.3) is 0 Å². The summed E-state index contributed by atoms with van der Waals surface area (Å²) < 4.78 is 0. The molecule has 0 radical (unpaired) electrons. The number of anilines is 1. The molecule has 0 bridgehead atoms. The van der Waals surface area contributed by atoms with Gasteiger partial charge in [0.05, 0.1) is 0 Å². The molecule has 8 nitrogen and oxygen atoms in total. The number of nitrogen functional groups attached to an aromatic ring is 3. The molecule has 0 atom stereocenters. The molecule has 0 fully saturated rings. The number of aromatic nitrogens is 3. The van der Waals surface area contributed by atoms with Crippen LogP contribution in [-0.4, -0.2) is 26.6 Å². The fraction of sp³-hybridized carbons (Fsp3) is 0. The van der Waals surface area contributed by atoms with E-state index in [0.29, 0.717) is 0 Å². The molecule has 0 aliphatic heterocycles. The maximum absolute atomic E-state index is 7.03. The summed E-state index contributed by atoms with van der Waals surface area (Å²) in [5.41, 5.74) is 15.5. The summed E-state index contributed by atoms with van der Waals surface area (Å²) in [4.78, 5) is 10.8. The maximum atomic E-state index is 7.03. The van der Waals surface area contributed by atoms with Gasteiger partial charge in [0.1, 0.15) is 0 Å². The summed E-state index contributed by atoms with van der Waals surface area (Å²) >= 11 is 0. The van der Waals surface area contributed by atoms with Gasteiger partial charge in [-0.3, -0.25) is 10.8 Å². The third-order valence-corrected chi connectivity index (χ3v) is 1.13. The topological polar surface area (TPSA) is 164 Å². The Morgan fingerprint density at radius 1 is 0.923 bits per heavy atom. The molecule has 0 saturated carbocycles. The molecule has 0 amide bonds. The second-order valence-corrected chi connectivity index (χ2v) is 2.17. The average molecular weight is 180 g/mol. The van der Waals surface area contributed by atoms with Crippen molar-refractivity contribution >= 4 is 17.6 Å². The first-order valence-electron chi connectivity index (χ1n) is 3.21. The Morgan fingerprint density at radius 3 is 1.62 bits per heavy atom. The van der Waals surface area contributed by atoms with E-state index in [1.165, 1.54) is 0 Å². The second kappa shape index (κ2) is 3.01. The van der Waals surface area contributed by atoms with Gasteiger partial charge in [-0.05, 0) is 0 Å². The van der Waals surface area contributed by atoms with Crippen molar-refractivity contribution in [3.63, 3.8) is 0 Å². The van der Waals surface area contributed by atoms with Crippen molar-refractivity contribution in [3.05, 3.63) is 11.6 Å². The Morgan fingerprint density at radius 2 is 1.31 bits per heavy atom. The summed E-state index contributed by atoms with van der Waals surface area (Å²) in [6, 6.07) is 0. The van der Waals surface area contributed by atoms with Crippen molar-refractivity contribution in [3.8, 4) is 0 Å². The van der Waals surface area contributed by atoms with Crippen molar-refractivity contribution in [2.75, 3.05) is 5.73 Å². The lowest BCUT2D eigenvalue weighted by Crippen LogP contribution is -2.23. The predicted molar refractivity (Wildman–Crippen MR) is 46.3 cm³/mol. The zero-order chi connectivity index (χ0) is 10.0. The Kier molecular flexibility index (Phi) is 2.05. The molecule has 1 heterocycles. The summed E-state index contributed by atoms with van der Waals surface area (Å²) in [5.74, 6) is -0.992. The molecule has 1 aromatic heterocycles. The number of amidine groups is 2. The minimum atomic E-state index is -0.350. The van der Waals surface area contributed by atoms with Crippen LogP contribution in [0.3, 0.4) is 0 Å². The zero-order valence-electron chi connectivity index (χ0n) is 6.57. The third-order valence-electron chi connectivity index (χ3n) is 1.13. The number of rotatable bonds is 2. The first-order valence-corrected chi connectivity index (χ1v) is 3.21. The van der Waals surface area contributed by atoms with E-state index in [0.717, 1.165) is 0 Å². The van der Waals surface area contributed by atoms with Crippen molar-refractivity contribution in [2.24, 2.45) is 11.5 Å². The van der Waals surface area contributed by atoms with Gasteiger partial charge in [-0.15, -0.1) is 0 Å². The monoisotopic (exact) mass is 180 g/mol. The molecule has 68 valence electrons. The lowest BCUT2D eigenvalue weighted by Gasteiger charge is -2.00. The van der Waals surface area contributed by atoms with Gasteiger partial charge in [0.15, 0.2) is 23.3 Å². The number of nitrogens with one attached hydrogen (secondary N) is 2. The standard InChI is InChI=1S/C5H8N8/c6-1(7)3-11-4(2(8)9)13-5(10)12-3/h(H3,6,7)(H3,8,9)(H2,10,11,12,13). The molecule has 8 N–H and O–H groups in total. The molecule has 0 spiro atoms. The van der Waals surface area contributed by atoms with E-state index >= 15 is 0 Å². The van der Waals surface area contributed by atoms with E-state index in [4.69, 9.17) is 28.0 Å². The van der Waals surface area contributed by atoms with Crippen molar-refractivity contribution in [1.29, 1.82) is 10.8 Å². The molecule has 8 heteroatoms. The Labute approximate surface area is 73.2 Å². The van der Waals surface area contributed by atoms with E-state index in [2.05, 4.69) is 15.0 Å². The van der Waals surface area contributed by atoms with E-state index in [1.54, 1.807) is 0 Å². The van der Waals surface area contributed by atoms with Crippen LogP contribution in [-0.2, 0) is 0 Å². The highest BCUT2D eigenvalue weighted by molar-refractivity contribution is 5.95. The van der Waals surface area contributed by atoms with Gasteiger partial charge in [-0.25, -0.2) is 4.98 Å². The van der Waals surface area contributed by atoms with E-state index in [-0.39, 0.29) is 29.3 Å². The quantitative estimate of drug-likeness (QED) is 0.261. The van der Waals surface area contributed by atoms with Gasteiger partial charge >= 0.3 is 0 Å². The fourth-order valence-corrected chi connectivity index (χ4v) is 0.633. The highest BCUT2D eigenvalue weighted by Crippen LogP contribution is 1.95. The van der Waals surface area contributed by atoms with Gasteiger partial charge < -0.3 is 17.2 Å². The lowest BCUT2D eigenvalue weighted by atomic mass is 10.5. The van der Waals surface area contributed by atoms with Crippen LogP contribution in [0.1, 0.15) is 11.6 Å². The smallest absolute Gasteiger partial charge is 0.224 e. The summed E-state index contributed by atoms with van der Waals surface area (Å²) in [5, 5.41) is 14.1. The number of hydrogen-bond acceptors (Lipinski definition) is 6. The normalized spacial score (nSPS) is 9.54. The molecular formula is C5H8N8. The molecule has 0 aliphatic rings. The number of nitrogens with zero attached hydrogens (tertiary/aromatic N) is 3. The first-order chi connectivity index (χ1) is 6.00. The Hall–Kier alpha value is -2.25. The molecule has 1 aromatic rings. The van der Waals surface area contributed by atoms with Crippen LogP contribution < -0.4 is 17.2 Å². The van der Waals surface area contributed by atoms with Crippen LogP contribution in [0.4, 0.5) is 5.95 Å². The van der Waals surface area contributed by atoms with Crippen molar-refractivity contribution < 1.29 is 0 Å². The van der Waals surface area contributed by atoms with E-state index in [1.807, 2.05) is 0 Å². The van der Waals surface area contributed by atoms with Gasteiger partial charge in [0, 0.05) is 0 Å². The molecule has 1 rings (SSSR count). The van der Waals surface area contributed by atoms with Crippen LogP contribution in [0.2, 0.25) is 0 Å². The summed E-state index contributed by atoms with van der Waals surface area (Å²) in [7, 11) is 0. The van der Waals surface area contributed by atoms with Gasteiger partial charge in [0.2, 0.25) is 5.95 Å². The summed E-state index contributed by atoms with van der Waals surface area (Å²) in [6.07, 6.45) is 0. The number of nitrogens with two attached hydrogens (primary N) is 3. The molecule has 0 aromatic carbocycles. The fourth-order valence-electron chi connectivity index (χ4n) is 0.633. The minimum absolute atomic E-state index is 0.0855. The second-order valence-electron chi connectivity index (χ2n) is 2.17. The maximum Gasteiger partial charge on any atom is 0.224 e. The third kappa shape index (κ3) is 1.86. The highest BCUT2D eigenvalue weighted by atomic mass is 15.1. The van der Waals surface area contributed by atoms with Crippen LogP contribution in [0.5, 0.6) is 0 Å². The lowest BCUT2D eigenvalue weighted by molar-refractivity contribution is 1.01. The van der Waals surface area contributed by atoms with Crippen molar-refractivity contribution in [1.82, 2.24) is 15.0 Å². The molecule has 0 saturated heterocycles. The molecule has 13 heavy (non-hydrogen) atoms. The van der Waals surface area contributed by atoms with E-state index < -0.39 is 0 Å². The van der Waals surface area contributed by atoms with Crippen LogP contribution in [0.15, 0.2) is 0 Å².